The zero-order valence-corrected chi connectivity index (χ0v) is 17.2. The minimum Gasteiger partial charge on any atom is -0.490 e. The second kappa shape index (κ2) is 7.86. The lowest BCUT2D eigenvalue weighted by atomic mass is 9.61. The molecule has 0 saturated heterocycles. The first-order valence-corrected chi connectivity index (χ1v) is 10.4. The average Bonchev–Trinajstić information content (AvgIpc) is 3.48. The quantitative estimate of drug-likeness (QED) is 0.668. The van der Waals surface area contributed by atoms with Gasteiger partial charge in [0, 0.05) is 5.56 Å². The Bertz CT molecular complexity index is 968. The molecule has 2 fully saturated rings. The van der Waals surface area contributed by atoms with Crippen molar-refractivity contribution in [3.05, 3.63) is 71.4 Å². The van der Waals surface area contributed by atoms with Gasteiger partial charge in [0.1, 0.15) is 11.5 Å². The predicted octanol–water partition coefficient (Wildman–Crippen LogP) is 5.14. The highest BCUT2D eigenvalue weighted by Crippen LogP contribution is 2.48. The van der Waals surface area contributed by atoms with Crippen molar-refractivity contribution < 1.29 is 9.53 Å². The van der Waals surface area contributed by atoms with Crippen molar-refractivity contribution in [3.8, 4) is 5.75 Å². The van der Waals surface area contributed by atoms with Gasteiger partial charge in [0.05, 0.1) is 22.9 Å². The number of ether oxygens (including phenoxy) is 1. The third kappa shape index (κ3) is 3.84. The highest BCUT2D eigenvalue weighted by atomic mass is 16.5. The van der Waals surface area contributed by atoms with E-state index in [1.807, 2.05) is 42.5 Å². The molecule has 0 heterocycles. The van der Waals surface area contributed by atoms with E-state index in [-0.39, 0.29) is 11.9 Å². The van der Waals surface area contributed by atoms with Gasteiger partial charge < -0.3 is 10.5 Å². The van der Waals surface area contributed by atoms with Crippen LogP contribution < -0.4 is 10.5 Å². The normalized spacial score (nSPS) is 18.5. The fraction of sp³-hybridized carbons (Fsp3) is 0.360. The Labute approximate surface area is 172 Å². The minimum absolute atomic E-state index is 0.234. The number of hydrogen-bond acceptors (Lipinski definition) is 4. The maximum Gasteiger partial charge on any atom is 0.140 e. The second-order valence-corrected chi connectivity index (χ2v) is 8.15. The van der Waals surface area contributed by atoms with E-state index < -0.39 is 5.41 Å². The molecule has 4 heteroatoms. The van der Waals surface area contributed by atoms with Gasteiger partial charge in [-0.25, -0.2) is 4.99 Å². The van der Waals surface area contributed by atoms with Crippen molar-refractivity contribution in [3.63, 3.8) is 0 Å². The predicted molar refractivity (Wildman–Crippen MR) is 117 cm³/mol. The van der Waals surface area contributed by atoms with E-state index in [4.69, 9.17) is 15.5 Å². The van der Waals surface area contributed by atoms with E-state index in [1.165, 1.54) is 6.20 Å². The summed E-state index contributed by atoms with van der Waals surface area (Å²) in [7, 11) is 0. The molecule has 0 spiro atoms. The largest absolute Gasteiger partial charge is 0.490 e. The van der Waals surface area contributed by atoms with E-state index in [0.29, 0.717) is 0 Å². The van der Waals surface area contributed by atoms with E-state index in [2.05, 4.69) is 13.0 Å². The molecule has 0 aromatic heterocycles. The fourth-order valence-electron chi connectivity index (χ4n) is 4.09. The van der Waals surface area contributed by atoms with E-state index >= 15 is 0 Å². The molecule has 4 nitrogen and oxygen atoms in total. The van der Waals surface area contributed by atoms with Crippen LogP contribution in [-0.4, -0.2) is 17.6 Å². The number of rotatable bonds is 7. The van der Waals surface area contributed by atoms with E-state index in [9.17, 15) is 4.79 Å². The van der Waals surface area contributed by atoms with Crippen molar-refractivity contribution in [2.24, 2.45) is 10.7 Å². The van der Waals surface area contributed by atoms with Gasteiger partial charge in [-0.05, 0) is 87.2 Å². The highest BCUT2D eigenvalue weighted by Gasteiger charge is 2.44. The Morgan fingerprint density at radius 1 is 1.21 bits per heavy atom. The van der Waals surface area contributed by atoms with Crippen LogP contribution in [0.4, 0.5) is 5.69 Å². The number of nitrogens with two attached hydrogens (primary N) is 1. The summed E-state index contributed by atoms with van der Waals surface area (Å²) in [6, 6.07) is 14.0. The number of carbonyl (C=O) groups excluding carboxylic acids is 1. The summed E-state index contributed by atoms with van der Waals surface area (Å²) in [5.41, 5.74) is 10.1. The molecule has 4 rings (SSSR count). The summed E-state index contributed by atoms with van der Waals surface area (Å²) in [6.45, 7) is 3.79. The van der Waals surface area contributed by atoms with Crippen LogP contribution in [0.5, 0.6) is 5.75 Å². The number of Topliss-reactive ketones (excluding diaryl/α,β-unsaturated/α-hetero) is 1. The zero-order chi connectivity index (χ0) is 20.4. The molecule has 2 aromatic carbocycles. The van der Waals surface area contributed by atoms with Crippen LogP contribution in [0.15, 0.2) is 59.7 Å². The Morgan fingerprint density at radius 3 is 2.48 bits per heavy atom. The van der Waals surface area contributed by atoms with E-state index in [1.54, 1.807) is 6.92 Å². The van der Waals surface area contributed by atoms with Crippen LogP contribution in [0.3, 0.4) is 0 Å². The number of para-hydroxylation sites is 1. The summed E-state index contributed by atoms with van der Waals surface area (Å²) in [4.78, 5) is 17.4. The first-order valence-electron chi connectivity index (χ1n) is 10.4. The molecular weight excluding hydrogens is 360 g/mol. The number of ketones is 1. The maximum atomic E-state index is 12.6. The number of hydrogen-bond donors (Lipinski definition) is 1. The Hall–Kier alpha value is -2.88. The van der Waals surface area contributed by atoms with Crippen molar-refractivity contribution >= 4 is 17.2 Å². The topological polar surface area (TPSA) is 64.7 Å². The van der Waals surface area contributed by atoms with Gasteiger partial charge in [-0.1, -0.05) is 24.6 Å². The third-order valence-electron chi connectivity index (χ3n) is 6.13. The summed E-state index contributed by atoms with van der Waals surface area (Å²) < 4.78 is 6.24. The van der Waals surface area contributed by atoms with Gasteiger partial charge in [0.25, 0.3) is 0 Å². The smallest absolute Gasteiger partial charge is 0.140 e. The molecule has 29 heavy (non-hydrogen) atoms. The van der Waals surface area contributed by atoms with Crippen LogP contribution >= 0.6 is 0 Å². The van der Waals surface area contributed by atoms with Gasteiger partial charge in [-0.3, -0.25) is 4.79 Å². The van der Waals surface area contributed by atoms with Crippen molar-refractivity contribution in [1.82, 2.24) is 0 Å². The lowest BCUT2D eigenvalue weighted by Crippen LogP contribution is -2.41. The zero-order valence-electron chi connectivity index (χ0n) is 17.2. The number of aliphatic imine (C=N–C) groups is 1. The molecule has 0 radical (unpaired) electrons. The Balaban J connectivity index is 1.86. The molecule has 2 saturated carbocycles. The van der Waals surface area contributed by atoms with Crippen LogP contribution in [0.1, 0.15) is 55.7 Å². The molecule has 2 aliphatic rings. The summed E-state index contributed by atoms with van der Waals surface area (Å²) >= 11 is 0. The molecule has 2 aliphatic carbocycles. The second-order valence-electron chi connectivity index (χ2n) is 8.15. The van der Waals surface area contributed by atoms with Crippen LogP contribution in [0.2, 0.25) is 0 Å². The number of benzene rings is 2. The number of allylic oxidation sites excluding steroid dienone is 1. The van der Waals surface area contributed by atoms with E-state index in [0.717, 1.165) is 65.9 Å². The standard InChI is InChI=1S/C25H28N2O2/c1-17-22(25(18(2)28)12-6-13-25)15-19(16-24(17)29-21-9-10-21)23(11-14-26)27-20-7-4-3-5-8-20/h3-5,7-8,11,14-16,21H,6,9-10,12-13,26H2,1-2H3. The minimum atomic E-state index is -0.397. The Morgan fingerprint density at radius 2 is 1.93 bits per heavy atom. The van der Waals surface area contributed by atoms with Crippen molar-refractivity contribution in [2.45, 2.75) is 57.5 Å². The third-order valence-corrected chi connectivity index (χ3v) is 6.13. The summed E-state index contributed by atoms with van der Waals surface area (Å²) in [5.74, 6) is 1.09. The molecule has 0 amide bonds. The van der Waals surface area contributed by atoms with Crippen molar-refractivity contribution in [2.75, 3.05) is 0 Å². The van der Waals surface area contributed by atoms with Crippen LogP contribution in [-0.2, 0) is 10.2 Å². The number of carbonyl (C=O) groups is 1. The van der Waals surface area contributed by atoms with Gasteiger partial charge in [-0.15, -0.1) is 0 Å². The molecule has 2 aromatic rings. The molecule has 0 unspecified atom stereocenters. The molecule has 150 valence electrons. The first kappa shape index (κ1) is 19.4. The molecule has 0 bridgehead atoms. The average molecular weight is 389 g/mol. The number of nitrogens with zero attached hydrogens (tertiary/aromatic N) is 1. The Kier molecular flexibility index (Phi) is 5.27. The molecule has 0 aliphatic heterocycles. The van der Waals surface area contributed by atoms with Gasteiger partial charge >= 0.3 is 0 Å². The molecular formula is C25H28N2O2. The van der Waals surface area contributed by atoms with Crippen LogP contribution in [0.25, 0.3) is 0 Å². The van der Waals surface area contributed by atoms with Gasteiger partial charge in [-0.2, -0.15) is 0 Å². The fourth-order valence-corrected chi connectivity index (χ4v) is 4.09. The summed E-state index contributed by atoms with van der Waals surface area (Å²) in [5, 5.41) is 0. The lowest BCUT2D eigenvalue weighted by Gasteiger charge is -2.41. The maximum absolute atomic E-state index is 12.6. The van der Waals surface area contributed by atoms with Gasteiger partial charge in [0.15, 0.2) is 0 Å². The van der Waals surface area contributed by atoms with Crippen molar-refractivity contribution in [1.29, 1.82) is 0 Å². The monoisotopic (exact) mass is 388 g/mol. The molecule has 0 atom stereocenters. The van der Waals surface area contributed by atoms with Crippen LogP contribution in [0, 0.1) is 6.92 Å². The first-order chi connectivity index (χ1) is 14.0. The summed E-state index contributed by atoms with van der Waals surface area (Å²) in [6.07, 6.45) is 8.65. The van der Waals surface area contributed by atoms with Gasteiger partial charge in [0.2, 0.25) is 0 Å². The molecule has 2 N–H and O–H groups in total. The SMILES string of the molecule is CC(=O)C1(c2cc(C(C=CN)=Nc3ccccc3)cc(OC3CC3)c2C)CCC1. The lowest BCUT2D eigenvalue weighted by molar-refractivity contribution is -0.125. The highest BCUT2D eigenvalue weighted by molar-refractivity contribution is 6.10.